The number of aryl methyl sites for hydroxylation is 2. The van der Waals surface area contributed by atoms with Crippen LogP contribution in [0.1, 0.15) is 53.6 Å². The Morgan fingerprint density at radius 3 is 2.54 bits per heavy atom. The van der Waals surface area contributed by atoms with Crippen LogP contribution in [0.15, 0.2) is 36.7 Å². The lowest BCUT2D eigenvalue weighted by molar-refractivity contribution is 0.0927. The van der Waals surface area contributed by atoms with Gasteiger partial charge in [0.1, 0.15) is 0 Å². The lowest BCUT2D eigenvalue weighted by Crippen LogP contribution is -2.36. The zero-order chi connectivity index (χ0) is 16.9. The molecule has 1 aliphatic rings. The smallest absolute Gasteiger partial charge is 0.253 e. The molecule has 0 aliphatic heterocycles. The van der Waals surface area contributed by atoms with Crippen molar-refractivity contribution in [2.24, 2.45) is 0 Å². The molecule has 126 valence electrons. The molecule has 0 saturated heterocycles. The van der Waals surface area contributed by atoms with Crippen molar-refractivity contribution in [1.82, 2.24) is 10.3 Å². The molecule has 0 bridgehead atoms. The number of benzene rings is 1. The largest absolute Gasteiger partial charge is 0.354 e. The Kier molecular flexibility index (Phi) is 5.14. The Morgan fingerprint density at radius 2 is 1.79 bits per heavy atom. The maximum Gasteiger partial charge on any atom is 0.253 e. The summed E-state index contributed by atoms with van der Waals surface area (Å²) >= 11 is 0. The third-order valence-corrected chi connectivity index (χ3v) is 4.74. The summed E-state index contributed by atoms with van der Waals surface area (Å²) in [6.07, 6.45) is 9.23. The molecule has 2 N–H and O–H groups in total. The summed E-state index contributed by atoms with van der Waals surface area (Å²) in [5.74, 6) is -0.0295. The number of rotatable bonds is 4. The second-order valence-corrected chi connectivity index (χ2v) is 6.69. The Labute approximate surface area is 143 Å². The standard InChI is InChI=1S/C20H25N3O/c1-14-8-9-18(10-15(14)2)22-19-11-16(12-21-13-19)20(24)23-17-6-4-3-5-7-17/h8-13,17,22H,3-7H2,1-2H3,(H,23,24). The van der Waals surface area contributed by atoms with Crippen LogP contribution in [-0.2, 0) is 0 Å². The van der Waals surface area contributed by atoms with Gasteiger partial charge in [0.15, 0.2) is 0 Å². The molecule has 3 rings (SSSR count). The van der Waals surface area contributed by atoms with Crippen molar-refractivity contribution in [2.75, 3.05) is 5.32 Å². The van der Waals surface area contributed by atoms with Gasteiger partial charge in [-0.3, -0.25) is 9.78 Å². The molecule has 4 heteroatoms. The van der Waals surface area contributed by atoms with Crippen molar-refractivity contribution < 1.29 is 4.79 Å². The van der Waals surface area contributed by atoms with Crippen molar-refractivity contribution >= 4 is 17.3 Å². The van der Waals surface area contributed by atoms with Crippen LogP contribution in [0.3, 0.4) is 0 Å². The van der Waals surface area contributed by atoms with E-state index in [1.165, 1.54) is 30.4 Å². The summed E-state index contributed by atoms with van der Waals surface area (Å²) in [6.45, 7) is 4.18. The first-order valence-electron chi connectivity index (χ1n) is 8.72. The van der Waals surface area contributed by atoms with Crippen LogP contribution in [0.25, 0.3) is 0 Å². The molecular formula is C20H25N3O. The number of hydrogen-bond acceptors (Lipinski definition) is 3. The van der Waals surface area contributed by atoms with Crippen LogP contribution in [-0.4, -0.2) is 16.9 Å². The van der Waals surface area contributed by atoms with Crippen molar-refractivity contribution in [3.63, 3.8) is 0 Å². The Bertz CT molecular complexity index is 721. The van der Waals surface area contributed by atoms with Gasteiger partial charge in [0.25, 0.3) is 5.91 Å². The summed E-state index contributed by atoms with van der Waals surface area (Å²) < 4.78 is 0. The van der Waals surface area contributed by atoms with Crippen molar-refractivity contribution in [3.8, 4) is 0 Å². The molecule has 1 aliphatic carbocycles. The lowest BCUT2D eigenvalue weighted by Gasteiger charge is -2.22. The predicted molar refractivity (Wildman–Crippen MR) is 97.8 cm³/mol. The van der Waals surface area contributed by atoms with Gasteiger partial charge in [-0.05, 0) is 56.0 Å². The molecule has 1 saturated carbocycles. The van der Waals surface area contributed by atoms with Crippen molar-refractivity contribution in [1.29, 1.82) is 0 Å². The first kappa shape index (κ1) is 16.5. The molecule has 0 atom stereocenters. The van der Waals surface area contributed by atoms with Crippen LogP contribution in [0.4, 0.5) is 11.4 Å². The Balaban J connectivity index is 1.68. The average molecular weight is 323 g/mol. The molecule has 1 amide bonds. The van der Waals surface area contributed by atoms with E-state index in [1.54, 1.807) is 12.4 Å². The monoisotopic (exact) mass is 323 g/mol. The van der Waals surface area contributed by atoms with E-state index in [0.717, 1.165) is 24.2 Å². The molecule has 1 heterocycles. The highest BCUT2D eigenvalue weighted by molar-refractivity contribution is 5.95. The molecule has 1 aromatic heterocycles. The molecule has 0 unspecified atom stereocenters. The van der Waals surface area contributed by atoms with Gasteiger partial charge in [-0.15, -0.1) is 0 Å². The van der Waals surface area contributed by atoms with Crippen molar-refractivity contribution in [2.45, 2.75) is 52.0 Å². The third-order valence-electron chi connectivity index (χ3n) is 4.74. The molecule has 24 heavy (non-hydrogen) atoms. The molecule has 0 spiro atoms. The molecule has 4 nitrogen and oxygen atoms in total. The van der Waals surface area contributed by atoms with Crippen LogP contribution >= 0.6 is 0 Å². The second kappa shape index (κ2) is 7.47. The number of aromatic nitrogens is 1. The number of nitrogens with zero attached hydrogens (tertiary/aromatic N) is 1. The van der Waals surface area contributed by atoms with E-state index in [0.29, 0.717) is 11.6 Å². The maximum absolute atomic E-state index is 12.4. The van der Waals surface area contributed by atoms with Gasteiger partial charge >= 0.3 is 0 Å². The molecule has 1 fully saturated rings. The van der Waals surface area contributed by atoms with Crippen LogP contribution in [0.5, 0.6) is 0 Å². The first-order valence-corrected chi connectivity index (χ1v) is 8.72. The summed E-state index contributed by atoms with van der Waals surface area (Å²) in [7, 11) is 0. The molecule has 1 aromatic carbocycles. The number of anilines is 2. The number of pyridine rings is 1. The number of hydrogen-bond donors (Lipinski definition) is 2. The van der Waals surface area contributed by atoms with Gasteiger partial charge in [-0.1, -0.05) is 25.3 Å². The zero-order valence-corrected chi connectivity index (χ0v) is 14.4. The van der Waals surface area contributed by atoms with E-state index in [9.17, 15) is 4.79 Å². The maximum atomic E-state index is 12.4. The van der Waals surface area contributed by atoms with Gasteiger partial charge in [0, 0.05) is 17.9 Å². The summed E-state index contributed by atoms with van der Waals surface area (Å²) in [6, 6.07) is 8.40. The fourth-order valence-electron chi connectivity index (χ4n) is 3.13. The van der Waals surface area contributed by atoms with E-state index >= 15 is 0 Å². The summed E-state index contributed by atoms with van der Waals surface area (Å²) in [5, 5.41) is 6.46. The zero-order valence-electron chi connectivity index (χ0n) is 14.4. The van der Waals surface area contributed by atoms with Gasteiger partial charge < -0.3 is 10.6 Å². The van der Waals surface area contributed by atoms with E-state index in [-0.39, 0.29) is 5.91 Å². The fourth-order valence-corrected chi connectivity index (χ4v) is 3.13. The van der Waals surface area contributed by atoms with Gasteiger partial charge in [-0.25, -0.2) is 0 Å². The first-order chi connectivity index (χ1) is 11.6. The summed E-state index contributed by atoms with van der Waals surface area (Å²) in [4.78, 5) is 16.6. The lowest BCUT2D eigenvalue weighted by atomic mass is 9.95. The quantitative estimate of drug-likeness (QED) is 0.870. The van der Waals surface area contributed by atoms with Crippen LogP contribution < -0.4 is 10.6 Å². The average Bonchev–Trinajstić information content (AvgIpc) is 2.59. The minimum absolute atomic E-state index is 0.0295. The molecule has 0 radical (unpaired) electrons. The van der Waals surface area contributed by atoms with Gasteiger partial charge in [-0.2, -0.15) is 0 Å². The van der Waals surface area contributed by atoms with E-state index < -0.39 is 0 Å². The minimum Gasteiger partial charge on any atom is -0.354 e. The van der Waals surface area contributed by atoms with Crippen molar-refractivity contribution in [3.05, 3.63) is 53.3 Å². The third kappa shape index (κ3) is 4.13. The highest BCUT2D eigenvalue weighted by Crippen LogP contribution is 2.21. The highest BCUT2D eigenvalue weighted by Gasteiger charge is 2.17. The number of nitrogens with one attached hydrogen (secondary N) is 2. The highest BCUT2D eigenvalue weighted by atomic mass is 16.1. The summed E-state index contributed by atoms with van der Waals surface area (Å²) in [5.41, 5.74) is 4.94. The van der Waals surface area contributed by atoms with Gasteiger partial charge in [0.2, 0.25) is 0 Å². The minimum atomic E-state index is -0.0295. The molecular weight excluding hydrogens is 298 g/mol. The van der Waals surface area contributed by atoms with E-state index in [2.05, 4.69) is 41.6 Å². The normalized spacial score (nSPS) is 15.1. The van der Waals surface area contributed by atoms with Gasteiger partial charge in [0.05, 0.1) is 17.4 Å². The van der Waals surface area contributed by atoms with E-state index in [1.807, 2.05) is 12.1 Å². The van der Waals surface area contributed by atoms with Crippen LogP contribution in [0.2, 0.25) is 0 Å². The SMILES string of the molecule is Cc1ccc(Nc2cncc(C(=O)NC3CCCCC3)c2)cc1C. The molecule has 2 aromatic rings. The Morgan fingerprint density at radius 1 is 1.00 bits per heavy atom. The van der Waals surface area contributed by atoms with E-state index in [4.69, 9.17) is 0 Å². The second-order valence-electron chi connectivity index (χ2n) is 6.69. The van der Waals surface area contributed by atoms with Crippen LogP contribution in [0, 0.1) is 13.8 Å². The number of amides is 1. The Hall–Kier alpha value is -2.36. The number of carbonyl (C=O) groups excluding carboxylic acids is 1. The number of carbonyl (C=O) groups is 1. The topological polar surface area (TPSA) is 54.0 Å². The fraction of sp³-hybridized carbons (Fsp3) is 0.400. The predicted octanol–water partition coefficient (Wildman–Crippen LogP) is 4.50.